The van der Waals surface area contributed by atoms with E-state index in [0.29, 0.717) is 28.4 Å². The summed E-state index contributed by atoms with van der Waals surface area (Å²) in [5.41, 5.74) is 3.99. The highest BCUT2D eigenvalue weighted by molar-refractivity contribution is 7.16. The van der Waals surface area contributed by atoms with Crippen LogP contribution in [0.2, 0.25) is 0 Å². The van der Waals surface area contributed by atoms with Crippen LogP contribution in [0.1, 0.15) is 33.0 Å². The molecule has 124 valence electrons. The van der Waals surface area contributed by atoms with Gasteiger partial charge < -0.3 is 8.98 Å². The Hall–Kier alpha value is -2.40. The second kappa shape index (κ2) is 6.24. The number of aryl methyl sites for hydroxylation is 4. The third-order valence-electron chi connectivity index (χ3n) is 3.89. The molecule has 0 radical (unpaired) electrons. The fourth-order valence-electron chi connectivity index (χ4n) is 2.89. The fourth-order valence-corrected chi connectivity index (χ4v) is 3.98. The number of hydrogen-bond donors (Lipinski definition) is 0. The molecule has 5 heteroatoms. The molecule has 4 nitrogen and oxygen atoms in total. The Morgan fingerprint density at radius 2 is 2.04 bits per heavy atom. The predicted octanol–water partition coefficient (Wildman–Crippen LogP) is 4.46. The number of hydrogen-bond acceptors (Lipinski definition) is 3. The van der Waals surface area contributed by atoms with Crippen LogP contribution < -0.4 is 4.80 Å². The summed E-state index contributed by atoms with van der Waals surface area (Å²) < 4.78 is 8.63. The van der Waals surface area contributed by atoms with Crippen LogP contribution in [0.4, 0.5) is 0 Å². The van der Waals surface area contributed by atoms with Gasteiger partial charge in [-0.3, -0.25) is 4.79 Å². The molecule has 3 aromatic rings. The van der Waals surface area contributed by atoms with Crippen molar-refractivity contribution in [3.8, 4) is 0 Å². The van der Waals surface area contributed by atoms with E-state index < -0.39 is 0 Å². The fraction of sp³-hybridized carbons (Fsp3) is 0.263. The zero-order chi connectivity index (χ0) is 17.4. The number of furan rings is 1. The Kier molecular flexibility index (Phi) is 4.28. The monoisotopic (exact) mass is 340 g/mol. The van der Waals surface area contributed by atoms with Crippen LogP contribution >= 0.6 is 11.3 Å². The number of carbonyl (C=O) groups is 1. The summed E-state index contributed by atoms with van der Waals surface area (Å²) in [6.07, 6.45) is 1.82. The molecule has 0 saturated carbocycles. The Bertz CT molecular complexity index is 1020. The van der Waals surface area contributed by atoms with Crippen molar-refractivity contribution in [1.29, 1.82) is 0 Å². The lowest BCUT2D eigenvalue weighted by atomic mass is 10.1. The highest BCUT2D eigenvalue weighted by atomic mass is 32.1. The lowest BCUT2D eigenvalue weighted by Gasteiger charge is -2.03. The van der Waals surface area contributed by atoms with Gasteiger partial charge in [-0.1, -0.05) is 23.5 Å². The van der Waals surface area contributed by atoms with E-state index in [1.807, 2.05) is 17.6 Å². The van der Waals surface area contributed by atoms with Crippen molar-refractivity contribution in [2.24, 2.45) is 4.99 Å². The van der Waals surface area contributed by atoms with Gasteiger partial charge in [0.25, 0.3) is 5.91 Å². The third kappa shape index (κ3) is 2.87. The van der Waals surface area contributed by atoms with Crippen molar-refractivity contribution >= 4 is 27.5 Å². The molecule has 24 heavy (non-hydrogen) atoms. The molecule has 0 spiro atoms. The molecule has 0 bridgehead atoms. The number of amides is 1. The maximum Gasteiger partial charge on any atom is 0.283 e. The Labute approximate surface area is 144 Å². The molecule has 0 aliphatic rings. The minimum absolute atomic E-state index is 0.275. The Morgan fingerprint density at radius 3 is 2.67 bits per heavy atom. The molecule has 0 fully saturated rings. The molecule has 0 unspecified atom stereocenters. The Morgan fingerprint density at radius 1 is 1.29 bits per heavy atom. The number of thiazole rings is 1. The van der Waals surface area contributed by atoms with Crippen LogP contribution in [0.15, 0.2) is 40.3 Å². The molecule has 0 saturated heterocycles. The van der Waals surface area contributed by atoms with Crippen molar-refractivity contribution in [3.63, 3.8) is 0 Å². The van der Waals surface area contributed by atoms with Crippen LogP contribution in [-0.4, -0.2) is 10.5 Å². The van der Waals surface area contributed by atoms with E-state index in [2.05, 4.69) is 37.6 Å². The van der Waals surface area contributed by atoms with Gasteiger partial charge in [0.1, 0.15) is 11.5 Å². The lowest BCUT2D eigenvalue weighted by Crippen LogP contribution is -2.16. The summed E-state index contributed by atoms with van der Waals surface area (Å²) in [5, 5.41) is 0. The van der Waals surface area contributed by atoms with Crippen molar-refractivity contribution in [2.75, 3.05) is 0 Å². The van der Waals surface area contributed by atoms with E-state index in [1.54, 1.807) is 13.0 Å². The van der Waals surface area contributed by atoms with Gasteiger partial charge in [-0.2, -0.15) is 4.99 Å². The second-order valence-corrected chi connectivity index (χ2v) is 6.94. The zero-order valence-electron chi connectivity index (χ0n) is 14.3. The topological polar surface area (TPSA) is 47.5 Å². The van der Waals surface area contributed by atoms with Gasteiger partial charge in [-0.25, -0.2) is 0 Å². The van der Waals surface area contributed by atoms with E-state index in [1.165, 1.54) is 22.5 Å². The van der Waals surface area contributed by atoms with E-state index >= 15 is 0 Å². The number of fused-ring (bicyclic) bond motifs is 1. The summed E-state index contributed by atoms with van der Waals surface area (Å²) in [6.45, 7) is 12.2. The van der Waals surface area contributed by atoms with Gasteiger partial charge in [-0.15, -0.1) is 6.58 Å². The highest BCUT2D eigenvalue weighted by Gasteiger charge is 2.14. The lowest BCUT2D eigenvalue weighted by molar-refractivity contribution is 0.0996. The smallest absolute Gasteiger partial charge is 0.283 e. The van der Waals surface area contributed by atoms with Gasteiger partial charge in [0.15, 0.2) is 4.80 Å². The second-order valence-electron chi connectivity index (χ2n) is 5.96. The summed E-state index contributed by atoms with van der Waals surface area (Å²) in [5.74, 6) is 1.04. The molecule has 2 aromatic heterocycles. The molecule has 1 amide bonds. The van der Waals surface area contributed by atoms with E-state index in [-0.39, 0.29) is 5.91 Å². The van der Waals surface area contributed by atoms with Crippen molar-refractivity contribution < 1.29 is 9.21 Å². The summed E-state index contributed by atoms with van der Waals surface area (Å²) in [4.78, 5) is 17.6. The maximum absolute atomic E-state index is 12.6. The number of aromatic nitrogens is 1. The molecular weight excluding hydrogens is 320 g/mol. The van der Waals surface area contributed by atoms with Gasteiger partial charge >= 0.3 is 0 Å². The molecule has 3 rings (SSSR count). The standard InChI is InChI=1S/C19H20N2O2S/c1-6-7-21-16-9-11(2)8-12(3)17(16)24-19(21)20-18(22)15-10-13(4)23-14(15)5/h6,8-10H,1,7H2,2-5H3. The molecule has 0 N–H and O–H groups in total. The van der Waals surface area contributed by atoms with Crippen LogP contribution in [-0.2, 0) is 6.54 Å². The quantitative estimate of drug-likeness (QED) is 0.661. The average Bonchev–Trinajstić information content (AvgIpc) is 3.01. The van der Waals surface area contributed by atoms with Crippen LogP contribution in [0, 0.1) is 27.7 Å². The number of allylic oxidation sites excluding steroid dienone is 1. The first-order chi connectivity index (χ1) is 11.4. The molecule has 0 aliphatic carbocycles. The SMILES string of the molecule is C=CCn1c(=NC(=O)c2cc(C)oc2C)sc2c(C)cc(C)cc21. The summed E-state index contributed by atoms with van der Waals surface area (Å²) >= 11 is 1.53. The van der Waals surface area contributed by atoms with Gasteiger partial charge in [0.2, 0.25) is 0 Å². The van der Waals surface area contributed by atoms with Gasteiger partial charge in [-0.05, 0) is 51.0 Å². The first kappa shape index (κ1) is 16.5. The normalized spacial score (nSPS) is 12.1. The summed E-state index contributed by atoms with van der Waals surface area (Å²) in [7, 11) is 0. The molecule has 1 aromatic carbocycles. The van der Waals surface area contributed by atoms with E-state index in [9.17, 15) is 4.79 Å². The molecule has 0 aliphatic heterocycles. The van der Waals surface area contributed by atoms with Crippen molar-refractivity contribution in [2.45, 2.75) is 34.2 Å². The van der Waals surface area contributed by atoms with Gasteiger partial charge in [0.05, 0.1) is 15.8 Å². The van der Waals surface area contributed by atoms with Gasteiger partial charge in [0, 0.05) is 6.54 Å². The van der Waals surface area contributed by atoms with Crippen LogP contribution in [0.3, 0.4) is 0 Å². The minimum atomic E-state index is -0.275. The highest BCUT2D eigenvalue weighted by Crippen LogP contribution is 2.24. The number of carbonyl (C=O) groups excluding carboxylic acids is 1. The zero-order valence-corrected chi connectivity index (χ0v) is 15.2. The largest absolute Gasteiger partial charge is 0.466 e. The van der Waals surface area contributed by atoms with Crippen molar-refractivity contribution in [3.05, 3.63) is 63.9 Å². The van der Waals surface area contributed by atoms with Crippen LogP contribution in [0.5, 0.6) is 0 Å². The number of rotatable bonds is 3. The first-order valence-corrected chi connectivity index (χ1v) is 8.60. The van der Waals surface area contributed by atoms with Crippen LogP contribution in [0.25, 0.3) is 10.2 Å². The average molecular weight is 340 g/mol. The summed E-state index contributed by atoms with van der Waals surface area (Å²) in [6, 6.07) is 6.01. The third-order valence-corrected chi connectivity index (χ3v) is 5.12. The number of nitrogens with zero attached hydrogens (tertiary/aromatic N) is 2. The molecular formula is C19H20N2O2S. The number of benzene rings is 1. The first-order valence-electron chi connectivity index (χ1n) is 7.78. The van der Waals surface area contributed by atoms with Crippen molar-refractivity contribution in [1.82, 2.24) is 4.57 Å². The van der Waals surface area contributed by atoms with E-state index in [4.69, 9.17) is 4.42 Å². The predicted molar refractivity (Wildman–Crippen MR) is 97.6 cm³/mol. The Balaban J connectivity index is 2.23. The minimum Gasteiger partial charge on any atom is -0.466 e. The molecule has 2 heterocycles. The molecule has 0 atom stereocenters. The van der Waals surface area contributed by atoms with E-state index in [0.717, 1.165) is 10.2 Å². The maximum atomic E-state index is 12.6.